The van der Waals surface area contributed by atoms with Gasteiger partial charge in [-0.05, 0) is 55.3 Å². The van der Waals surface area contributed by atoms with Gasteiger partial charge in [0.05, 0.1) is 11.4 Å². The molecule has 1 aromatic heterocycles. The van der Waals surface area contributed by atoms with E-state index >= 15 is 0 Å². The van der Waals surface area contributed by atoms with E-state index < -0.39 is 23.7 Å². The highest BCUT2D eigenvalue weighted by Gasteiger charge is 2.36. The third-order valence-electron chi connectivity index (χ3n) is 6.61. The van der Waals surface area contributed by atoms with E-state index in [9.17, 15) is 18.8 Å². The van der Waals surface area contributed by atoms with Crippen molar-refractivity contribution in [1.29, 1.82) is 0 Å². The second-order valence-electron chi connectivity index (χ2n) is 9.99. The average molecular weight is 532 g/mol. The van der Waals surface area contributed by atoms with Crippen LogP contribution in [0.1, 0.15) is 92.3 Å². The molecule has 0 unspecified atom stereocenters. The van der Waals surface area contributed by atoms with Crippen molar-refractivity contribution in [2.24, 2.45) is 5.92 Å². The zero-order chi connectivity index (χ0) is 26.9. The Morgan fingerprint density at radius 1 is 1.16 bits per heavy atom. The summed E-state index contributed by atoms with van der Waals surface area (Å²) in [4.78, 5) is 41.2. The lowest BCUT2D eigenvalue weighted by molar-refractivity contribution is -0.122. The standard InChI is InChI=1S/C27H38FN5O3S/c1-4-10-21(25(34)30-16-15-17(2)3)33(20-14-9-8-13-19(20)28)27(36)24-22(29)23(32-37-24)26(35)31-18-11-6-5-7-12-18/h8-9,13-14,17-18,21H,4-7,10-12,15-16,29H2,1-3H3,(H,30,34)(H,31,35)/t21-/m0/s1. The molecule has 0 radical (unpaired) electrons. The van der Waals surface area contributed by atoms with Gasteiger partial charge in [0.1, 0.15) is 16.7 Å². The number of carbonyl (C=O) groups is 3. The van der Waals surface area contributed by atoms with Crippen molar-refractivity contribution in [2.45, 2.75) is 84.2 Å². The number of rotatable bonds is 11. The highest BCUT2D eigenvalue weighted by molar-refractivity contribution is 7.09. The number of carbonyl (C=O) groups excluding carboxylic acids is 3. The third-order valence-corrected chi connectivity index (χ3v) is 7.46. The lowest BCUT2D eigenvalue weighted by Crippen LogP contribution is -2.50. The Labute approximate surface area is 222 Å². The summed E-state index contributed by atoms with van der Waals surface area (Å²) in [6.45, 7) is 6.45. The van der Waals surface area contributed by atoms with Crippen molar-refractivity contribution in [1.82, 2.24) is 15.0 Å². The molecule has 1 aliphatic rings. The highest BCUT2D eigenvalue weighted by atomic mass is 32.1. The molecule has 1 fully saturated rings. The minimum atomic E-state index is -0.956. The van der Waals surface area contributed by atoms with E-state index in [1.165, 1.54) is 18.2 Å². The Morgan fingerprint density at radius 2 is 1.86 bits per heavy atom. The molecule has 37 heavy (non-hydrogen) atoms. The first kappa shape index (κ1) is 28.6. The first-order chi connectivity index (χ1) is 17.7. The first-order valence-corrected chi connectivity index (χ1v) is 13.9. The number of hydrogen-bond acceptors (Lipinski definition) is 6. The lowest BCUT2D eigenvalue weighted by atomic mass is 9.95. The minimum absolute atomic E-state index is 0.00753. The van der Waals surface area contributed by atoms with Gasteiger partial charge >= 0.3 is 0 Å². The number of benzene rings is 1. The molecule has 2 aromatic rings. The van der Waals surface area contributed by atoms with Crippen LogP contribution in [0.3, 0.4) is 0 Å². The fourth-order valence-corrected chi connectivity index (χ4v) is 5.28. The fourth-order valence-electron chi connectivity index (χ4n) is 4.54. The minimum Gasteiger partial charge on any atom is -0.395 e. The van der Waals surface area contributed by atoms with E-state index in [1.54, 1.807) is 6.07 Å². The normalized spacial score (nSPS) is 14.8. The fraction of sp³-hybridized carbons (Fsp3) is 0.556. The number of anilines is 2. The van der Waals surface area contributed by atoms with Crippen molar-refractivity contribution >= 4 is 40.6 Å². The lowest BCUT2D eigenvalue weighted by Gasteiger charge is -2.31. The smallest absolute Gasteiger partial charge is 0.273 e. The van der Waals surface area contributed by atoms with Gasteiger partial charge in [0, 0.05) is 12.6 Å². The largest absolute Gasteiger partial charge is 0.395 e. The molecule has 3 amide bonds. The molecular weight excluding hydrogens is 493 g/mol. The van der Waals surface area contributed by atoms with Gasteiger partial charge < -0.3 is 16.4 Å². The molecule has 202 valence electrons. The number of nitrogen functional groups attached to an aromatic ring is 1. The predicted molar refractivity (Wildman–Crippen MR) is 145 cm³/mol. The number of para-hydroxylation sites is 1. The van der Waals surface area contributed by atoms with E-state index in [-0.39, 0.29) is 33.9 Å². The molecule has 1 atom stereocenters. The summed E-state index contributed by atoms with van der Waals surface area (Å²) in [5.41, 5.74) is 6.18. The van der Waals surface area contributed by atoms with Crippen LogP contribution in [0, 0.1) is 11.7 Å². The topological polar surface area (TPSA) is 117 Å². The molecule has 0 bridgehead atoms. The molecule has 3 rings (SSSR count). The van der Waals surface area contributed by atoms with Gasteiger partial charge in [-0.2, -0.15) is 4.37 Å². The quantitative estimate of drug-likeness (QED) is 0.381. The van der Waals surface area contributed by atoms with Gasteiger partial charge in [0.2, 0.25) is 5.91 Å². The molecule has 10 heteroatoms. The van der Waals surface area contributed by atoms with Crippen LogP contribution >= 0.6 is 11.5 Å². The summed E-state index contributed by atoms with van der Waals surface area (Å²) in [6, 6.07) is 4.94. The van der Waals surface area contributed by atoms with E-state index in [4.69, 9.17) is 5.73 Å². The van der Waals surface area contributed by atoms with E-state index in [2.05, 4.69) is 28.9 Å². The first-order valence-electron chi connectivity index (χ1n) is 13.2. The Balaban J connectivity index is 1.92. The maximum Gasteiger partial charge on any atom is 0.273 e. The molecule has 4 N–H and O–H groups in total. The van der Waals surface area contributed by atoms with Gasteiger partial charge in [-0.1, -0.05) is 58.6 Å². The number of amides is 3. The third kappa shape index (κ3) is 7.28. The van der Waals surface area contributed by atoms with Crippen molar-refractivity contribution in [3.8, 4) is 0 Å². The molecule has 1 heterocycles. The van der Waals surface area contributed by atoms with Crippen LogP contribution in [0.2, 0.25) is 0 Å². The summed E-state index contributed by atoms with van der Waals surface area (Å²) in [6.07, 6.45) is 6.74. The SMILES string of the molecule is CCC[C@@H](C(=O)NCCC(C)C)N(C(=O)c1snc(C(=O)NC2CCCCC2)c1N)c1ccccc1F. The summed E-state index contributed by atoms with van der Waals surface area (Å²) in [5.74, 6) is -1.69. The molecule has 1 saturated carbocycles. The van der Waals surface area contributed by atoms with Crippen LogP contribution in [-0.2, 0) is 4.79 Å². The van der Waals surface area contributed by atoms with Crippen LogP contribution in [-0.4, -0.2) is 40.7 Å². The van der Waals surface area contributed by atoms with Gasteiger partial charge in [-0.15, -0.1) is 0 Å². The number of nitrogens with one attached hydrogen (secondary N) is 2. The van der Waals surface area contributed by atoms with Crippen LogP contribution in [0.5, 0.6) is 0 Å². The number of aromatic nitrogens is 1. The molecule has 8 nitrogen and oxygen atoms in total. The van der Waals surface area contributed by atoms with Gasteiger partial charge in [-0.25, -0.2) is 4.39 Å². The second kappa shape index (κ2) is 13.5. The van der Waals surface area contributed by atoms with E-state index in [0.717, 1.165) is 55.0 Å². The maximum atomic E-state index is 15.0. The summed E-state index contributed by atoms with van der Waals surface area (Å²) in [7, 11) is 0. The average Bonchev–Trinajstić information content (AvgIpc) is 3.26. The van der Waals surface area contributed by atoms with Gasteiger partial charge in [-0.3, -0.25) is 19.3 Å². The van der Waals surface area contributed by atoms with Crippen LogP contribution < -0.4 is 21.3 Å². The molecule has 0 spiro atoms. The Bertz CT molecular complexity index is 1080. The predicted octanol–water partition coefficient (Wildman–Crippen LogP) is 4.90. The number of nitrogens with zero attached hydrogens (tertiary/aromatic N) is 2. The molecule has 0 aliphatic heterocycles. The number of halogens is 1. The molecular formula is C27H38FN5O3S. The number of nitrogens with two attached hydrogens (primary N) is 1. The van der Waals surface area contributed by atoms with Crippen molar-refractivity contribution in [3.05, 3.63) is 40.7 Å². The van der Waals surface area contributed by atoms with Crippen LogP contribution in [0.15, 0.2) is 24.3 Å². The highest BCUT2D eigenvalue weighted by Crippen LogP contribution is 2.30. The van der Waals surface area contributed by atoms with Crippen LogP contribution in [0.4, 0.5) is 15.8 Å². The number of hydrogen-bond donors (Lipinski definition) is 3. The Kier molecular flexibility index (Phi) is 10.4. The molecule has 0 saturated heterocycles. The zero-order valence-electron chi connectivity index (χ0n) is 21.9. The monoisotopic (exact) mass is 531 g/mol. The van der Waals surface area contributed by atoms with Gasteiger partial charge in [0.15, 0.2) is 5.69 Å². The van der Waals surface area contributed by atoms with E-state index in [1.807, 2.05) is 6.92 Å². The van der Waals surface area contributed by atoms with Gasteiger partial charge in [0.25, 0.3) is 11.8 Å². The Hall–Kier alpha value is -3.01. The Morgan fingerprint density at radius 3 is 2.51 bits per heavy atom. The van der Waals surface area contributed by atoms with E-state index in [0.29, 0.717) is 25.3 Å². The van der Waals surface area contributed by atoms with Crippen molar-refractivity contribution in [3.63, 3.8) is 0 Å². The van der Waals surface area contributed by atoms with Crippen molar-refractivity contribution < 1.29 is 18.8 Å². The summed E-state index contributed by atoms with van der Waals surface area (Å²) < 4.78 is 19.2. The summed E-state index contributed by atoms with van der Waals surface area (Å²) >= 11 is 0.791. The molecule has 1 aliphatic carbocycles. The molecule has 1 aromatic carbocycles. The van der Waals surface area contributed by atoms with Crippen molar-refractivity contribution in [2.75, 3.05) is 17.2 Å². The van der Waals surface area contributed by atoms with Crippen LogP contribution in [0.25, 0.3) is 0 Å². The summed E-state index contributed by atoms with van der Waals surface area (Å²) in [5, 5.41) is 5.86. The maximum absolute atomic E-state index is 15.0. The second-order valence-corrected chi connectivity index (χ2v) is 10.8. The zero-order valence-corrected chi connectivity index (χ0v) is 22.7.